The summed E-state index contributed by atoms with van der Waals surface area (Å²) in [6, 6.07) is 2.15. The van der Waals surface area contributed by atoms with Crippen LogP contribution in [0.5, 0.6) is 0 Å². The second kappa shape index (κ2) is 7.45. The van der Waals surface area contributed by atoms with Crippen molar-refractivity contribution in [2.45, 2.75) is 32.7 Å². The molecule has 2 aliphatic heterocycles. The van der Waals surface area contributed by atoms with Crippen LogP contribution in [0.1, 0.15) is 30.2 Å². The van der Waals surface area contributed by atoms with Crippen molar-refractivity contribution in [2.24, 2.45) is 5.92 Å². The molecule has 0 atom stereocenters. The van der Waals surface area contributed by atoms with Crippen LogP contribution in [0.4, 0.5) is 0 Å². The summed E-state index contributed by atoms with van der Waals surface area (Å²) in [6.45, 7) is 6.39. The first-order valence-electron chi connectivity index (χ1n) is 8.41. The van der Waals surface area contributed by atoms with E-state index in [1.807, 2.05) is 4.90 Å². The lowest BCUT2D eigenvalue weighted by atomic mass is 9.96. The lowest BCUT2D eigenvalue weighted by molar-refractivity contribution is -0.133. The van der Waals surface area contributed by atoms with Crippen molar-refractivity contribution < 1.29 is 9.59 Å². The van der Waals surface area contributed by atoms with Crippen molar-refractivity contribution in [1.29, 1.82) is 0 Å². The third-order valence-electron chi connectivity index (χ3n) is 4.87. The van der Waals surface area contributed by atoms with E-state index in [2.05, 4.69) is 21.7 Å². The molecule has 126 valence electrons. The Kier molecular flexibility index (Phi) is 5.33. The minimum Gasteiger partial charge on any atom is -0.356 e. The average molecular weight is 335 g/mol. The number of rotatable bonds is 4. The molecule has 0 spiro atoms. The van der Waals surface area contributed by atoms with Gasteiger partial charge < -0.3 is 10.2 Å². The van der Waals surface area contributed by atoms with E-state index in [0.717, 1.165) is 52.0 Å². The van der Waals surface area contributed by atoms with Gasteiger partial charge in [0.15, 0.2) is 0 Å². The summed E-state index contributed by atoms with van der Waals surface area (Å²) < 4.78 is 0. The van der Waals surface area contributed by atoms with E-state index in [1.165, 1.54) is 10.4 Å². The van der Waals surface area contributed by atoms with Gasteiger partial charge in [0.05, 0.1) is 6.54 Å². The van der Waals surface area contributed by atoms with Crippen molar-refractivity contribution in [3.63, 3.8) is 0 Å². The normalized spacial score (nSPS) is 19.4. The molecule has 1 fully saturated rings. The monoisotopic (exact) mass is 335 g/mol. The summed E-state index contributed by atoms with van der Waals surface area (Å²) in [5, 5.41) is 5.02. The summed E-state index contributed by atoms with van der Waals surface area (Å²) in [5.41, 5.74) is 1.32. The van der Waals surface area contributed by atoms with E-state index < -0.39 is 0 Å². The molecular weight excluding hydrogens is 310 g/mol. The molecule has 0 aromatic carbocycles. The molecule has 3 rings (SSSR count). The Balaban J connectivity index is 1.42. The molecule has 2 aliphatic rings. The molecule has 1 saturated heterocycles. The van der Waals surface area contributed by atoms with Crippen LogP contribution in [0.25, 0.3) is 0 Å². The Morgan fingerprint density at radius 1 is 1.30 bits per heavy atom. The van der Waals surface area contributed by atoms with Crippen LogP contribution < -0.4 is 5.32 Å². The quantitative estimate of drug-likeness (QED) is 0.907. The van der Waals surface area contributed by atoms with Crippen LogP contribution in [0.15, 0.2) is 11.4 Å². The molecule has 5 nitrogen and oxygen atoms in total. The number of fused-ring (bicyclic) bond motifs is 1. The van der Waals surface area contributed by atoms with E-state index in [0.29, 0.717) is 12.5 Å². The fourth-order valence-electron chi connectivity index (χ4n) is 3.39. The first-order valence-corrected chi connectivity index (χ1v) is 9.29. The van der Waals surface area contributed by atoms with E-state index >= 15 is 0 Å². The van der Waals surface area contributed by atoms with Crippen molar-refractivity contribution >= 4 is 23.2 Å². The van der Waals surface area contributed by atoms with E-state index in [4.69, 9.17) is 0 Å². The van der Waals surface area contributed by atoms with Crippen molar-refractivity contribution in [3.8, 4) is 0 Å². The van der Waals surface area contributed by atoms with Gasteiger partial charge in [0.2, 0.25) is 11.8 Å². The fraction of sp³-hybridized carbons (Fsp3) is 0.647. The maximum absolute atomic E-state index is 12.5. The van der Waals surface area contributed by atoms with Gasteiger partial charge in [-0.1, -0.05) is 0 Å². The van der Waals surface area contributed by atoms with Gasteiger partial charge in [-0.15, -0.1) is 11.3 Å². The minimum absolute atomic E-state index is 0.0421. The van der Waals surface area contributed by atoms with Gasteiger partial charge in [0, 0.05) is 31.4 Å². The molecule has 0 bridgehead atoms. The highest BCUT2D eigenvalue weighted by molar-refractivity contribution is 7.10. The summed E-state index contributed by atoms with van der Waals surface area (Å²) in [6.07, 6.45) is 3.11. The van der Waals surface area contributed by atoms with Crippen LogP contribution in [-0.4, -0.2) is 54.3 Å². The van der Waals surface area contributed by atoms with Gasteiger partial charge in [-0.2, -0.15) is 0 Å². The maximum atomic E-state index is 12.5. The Morgan fingerprint density at radius 3 is 2.83 bits per heavy atom. The zero-order valence-electron chi connectivity index (χ0n) is 13.7. The molecule has 0 saturated carbocycles. The van der Waals surface area contributed by atoms with Crippen LogP contribution in [0.2, 0.25) is 0 Å². The molecule has 23 heavy (non-hydrogen) atoms. The summed E-state index contributed by atoms with van der Waals surface area (Å²) >= 11 is 1.80. The van der Waals surface area contributed by atoms with E-state index in [9.17, 15) is 9.59 Å². The smallest absolute Gasteiger partial charge is 0.237 e. The number of thiophene rings is 1. The summed E-state index contributed by atoms with van der Waals surface area (Å²) in [4.78, 5) is 29.2. The largest absolute Gasteiger partial charge is 0.356 e. The molecule has 1 N–H and O–H groups in total. The highest BCUT2D eigenvalue weighted by Gasteiger charge is 2.25. The van der Waals surface area contributed by atoms with Gasteiger partial charge in [-0.25, -0.2) is 0 Å². The van der Waals surface area contributed by atoms with Crippen LogP contribution >= 0.6 is 11.3 Å². The third-order valence-corrected chi connectivity index (χ3v) is 5.89. The Bertz CT molecular complexity index is 564. The van der Waals surface area contributed by atoms with E-state index in [-0.39, 0.29) is 11.8 Å². The number of nitrogens with zero attached hydrogens (tertiary/aromatic N) is 2. The van der Waals surface area contributed by atoms with Crippen molar-refractivity contribution in [1.82, 2.24) is 15.1 Å². The lowest BCUT2D eigenvalue weighted by Gasteiger charge is -2.34. The predicted molar refractivity (Wildman–Crippen MR) is 91.3 cm³/mol. The topological polar surface area (TPSA) is 52.7 Å². The van der Waals surface area contributed by atoms with Crippen molar-refractivity contribution in [3.05, 3.63) is 21.9 Å². The van der Waals surface area contributed by atoms with Gasteiger partial charge in [-0.05, 0) is 55.3 Å². The second-order valence-electron chi connectivity index (χ2n) is 6.59. The number of nitrogens with one attached hydrogen (secondary N) is 1. The molecule has 0 aliphatic carbocycles. The average Bonchev–Trinajstić information content (AvgIpc) is 3.01. The van der Waals surface area contributed by atoms with Crippen LogP contribution in [0.3, 0.4) is 0 Å². The van der Waals surface area contributed by atoms with Gasteiger partial charge in [0.1, 0.15) is 0 Å². The molecular formula is C17H25N3O2S. The highest BCUT2D eigenvalue weighted by atomic mass is 32.1. The number of amides is 2. The molecule has 3 heterocycles. The molecule has 1 aromatic heterocycles. The van der Waals surface area contributed by atoms with Crippen LogP contribution in [0, 0.1) is 5.92 Å². The Morgan fingerprint density at radius 2 is 2.09 bits per heavy atom. The molecule has 1 aromatic rings. The molecule has 2 amide bonds. The SMILES string of the molecule is CC(=O)NCC1CCN(CC(=O)N2CCc3sccc3C2)CC1. The number of piperidine rings is 1. The van der Waals surface area contributed by atoms with E-state index in [1.54, 1.807) is 18.3 Å². The number of carbonyl (C=O) groups excluding carboxylic acids is 2. The Labute approximate surface area is 141 Å². The standard InChI is InChI=1S/C17H25N3O2S/c1-13(21)18-10-14-2-6-19(7-3-14)12-17(22)20-8-4-16-15(11-20)5-9-23-16/h5,9,14H,2-4,6-8,10-12H2,1H3,(H,18,21). The number of likely N-dealkylation sites (tertiary alicyclic amines) is 1. The van der Waals surface area contributed by atoms with Gasteiger partial charge >= 0.3 is 0 Å². The highest BCUT2D eigenvalue weighted by Crippen LogP contribution is 2.24. The van der Waals surface area contributed by atoms with Crippen LogP contribution in [-0.2, 0) is 22.6 Å². The number of hydrogen-bond acceptors (Lipinski definition) is 4. The first-order chi connectivity index (χ1) is 11.1. The van der Waals surface area contributed by atoms with Crippen molar-refractivity contribution in [2.75, 3.05) is 32.7 Å². The minimum atomic E-state index is 0.0421. The number of carbonyl (C=O) groups is 2. The maximum Gasteiger partial charge on any atom is 0.237 e. The van der Waals surface area contributed by atoms with Gasteiger partial charge in [-0.3, -0.25) is 14.5 Å². The predicted octanol–water partition coefficient (Wildman–Crippen LogP) is 1.48. The fourth-order valence-corrected chi connectivity index (χ4v) is 4.28. The second-order valence-corrected chi connectivity index (χ2v) is 7.59. The first kappa shape index (κ1) is 16.5. The third kappa shape index (κ3) is 4.32. The zero-order valence-corrected chi connectivity index (χ0v) is 14.5. The molecule has 0 unspecified atom stereocenters. The summed E-state index contributed by atoms with van der Waals surface area (Å²) in [7, 11) is 0. The number of hydrogen-bond donors (Lipinski definition) is 1. The summed E-state index contributed by atoms with van der Waals surface area (Å²) in [5.74, 6) is 0.844. The zero-order chi connectivity index (χ0) is 16.2. The lowest BCUT2D eigenvalue weighted by Crippen LogP contribution is -2.45. The van der Waals surface area contributed by atoms with Gasteiger partial charge in [0.25, 0.3) is 0 Å². The molecule has 0 radical (unpaired) electrons. The molecule has 6 heteroatoms. The Hall–Kier alpha value is -1.40.